The summed E-state index contributed by atoms with van der Waals surface area (Å²) >= 11 is 0. The topological polar surface area (TPSA) is 72.8 Å². The second kappa shape index (κ2) is 6.13. The summed E-state index contributed by atoms with van der Waals surface area (Å²) in [6.45, 7) is 0. The maximum absolute atomic E-state index is 12.8. The predicted molar refractivity (Wildman–Crippen MR) is 65.0 cm³/mol. The van der Waals surface area contributed by atoms with Crippen molar-refractivity contribution in [1.29, 1.82) is 0 Å². The Bertz CT molecular complexity index is 541. The molecule has 0 radical (unpaired) electrons. The highest BCUT2D eigenvalue weighted by atomic mass is 19.4. The van der Waals surface area contributed by atoms with E-state index in [9.17, 15) is 27.9 Å². The van der Waals surface area contributed by atoms with E-state index in [2.05, 4.69) is 4.74 Å². The van der Waals surface area contributed by atoms with Crippen LogP contribution >= 0.6 is 0 Å². The highest BCUT2D eigenvalue weighted by Crippen LogP contribution is 2.35. The van der Waals surface area contributed by atoms with Gasteiger partial charge in [-0.1, -0.05) is 12.1 Å². The first-order valence-corrected chi connectivity index (χ1v) is 5.70. The third-order valence-electron chi connectivity index (χ3n) is 2.80. The summed E-state index contributed by atoms with van der Waals surface area (Å²) in [4.78, 5) is 23.1. The zero-order valence-electron chi connectivity index (χ0n) is 11.2. The van der Waals surface area contributed by atoms with Crippen LogP contribution in [-0.4, -0.2) is 42.9 Å². The van der Waals surface area contributed by atoms with E-state index >= 15 is 0 Å². The third-order valence-corrected chi connectivity index (χ3v) is 2.80. The number of carbonyl (C=O) groups is 2. The van der Waals surface area contributed by atoms with Crippen LogP contribution in [0.5, 0.6) is 5.75 Å². The fourth-order valence-electron chi connectivity index (χ4n) is 1.59. The summed E-state index contributed by atoms with van der Waals surface area (Å²) in [5, 5.41) is 9.52. The average Bonchev–Trinajstić information content (AvgIpc) is 2.44. The lowest BCUT2D eigenvalue weighted by molar-refractivity contribution is -0.260. The van der Waals surface area contributed by atoms with Gasteiger partial charge < -0.3 is 14.6 Å². The van der Waals surface area contributed by atoms with Crippen LogP contribution < -0.4 is 4.74 Å². The van der Waals surface area contributed by atoms with Gasteiger partial charge in [0, 0.05) is 5.56 Å². The van der Waals surface area contributed by atoms with Crippen molar-refractivity contribution < 1.29 is 37.3 Å². The zero-order chi connectivity index (χ0) is 16.3. The van der Waals surface area contributed by atoms with Crippen LogP contribution in [0.4, 0.5) is 13.2 Å². The third kappa shape index (κ3) is 3.52. The van der Waals surface area contributed by atoms with Gasteiger partial charge in [0.1, 0.15) is 5.75 Å². The number of benzene rings is 1. The average molecular weight is 306 g/mol. The molecule has 116 valence electrons. The Hall–Kier alpha value is -2.09. The van der Waals surface area contributed by atoms with Crippen molar-refractivity contribution in [3.8, 4) is 5.75 Å². The highest BCUT2D eigenvalue weighted by molar-refractivity contribution is 6.00. The fourth-order valence-corrected chi connectivity index (χ4v) is 1.59. The second-order valence-corrected chi connectivity index (χ2v) is 4.18. The lowest BCUT2D eigenvalue weighted by Gasteiger charge is -2.26. The number of methoxy groups -OCH3 is 2. The number of alkyl halides is 3. The quantitative estimate of drug-likeness (QED) is 0.662. The number of ketones is 1. The van der Waals surface area contributed by atoms with Gasteiger partial charge in [-0.25, -0.2) is 4.79 Å². The van der Waals surface area contributed by atoms with E-state index in [1.54, 1.807) is 0 Å². The van der Waals surface area contributed by atoms with E-state index in [1.165, 1.54) is 31.4 Å². The molecule has 1 atom stereocenters. The van der Waals surface area contributed by atoms with Crippen LogP contribution in [0.1, 0.15) is 16.8 Å². The van der Waals surface area contributed by atoms with Crippen LogP contribution in [0.2, 0.25) is 0 Å². The molecule has 1 N–H and O–H groups in total. The molecule has 1 rings (SSSR count). The summed E-state index contributed by atoms with van der Waals surface area (Å²) in [5.41, 5.74) is -4.01. The molecule has 0 bridgehead atoms. The van der Waals surface area contributed by atoms with E-state index in [0.29, 0.717) is 7.11 Å². The maximum Gasteiger partial charge on any atom is 0.428 e. The first-order valence-electron chi connectivity index (χ1n) is 5.70. The molecule has 0 fully saturated rings. The predicted octanol–water partition coefficient (Wildman–Crippen LogP) is 1.73. The monoisotopic (exact) mass is 306 g/mol. The summed E-state index contributed by atoms with van der Waals surface area (Å²) in [6, 6.07) is 5.35. The molecule has 1 aromatic carbocycles. The van der Waals surface area contributed by atoms with Gasteiger partial charge in [0.25, 0.3) is 5.60 Å². The van der Waals surface area contributed by atoms with Crippen molar-refractivity contribution >= 4 is 11.8 Å². The van der Waals surface area contributed by atoms with E-state index in [-0.39, 0.29) is 11.3 Å². The molecule has 0 amide bonds. The molecule has 0 aliphatic heterocycles. The minimum Gasteiger partial charge on any atom is -0.497 e. The maximum atomic E-state index is 12.8. The number of aliphatic hydroxyl groups is 1. The zero-order valence-corrected chi connectivity index (χ0v) is 11.2. The molecule has 0 aliphatic rings. The van der Waals surface area contributed by atoms with Crippen molar-refractivity contribution in [1.82, 2.24) is 0 Å². The van der Waals surface area contributed by atoms with Crippen LogP contribution in [0.25, 0.3) is 0 Å². The Morgan fingerprint density at radius 2 is 1.86 bits per heavy atom. The summed E-state index contributed by atoms with van der Waals surface area (Å²) in [5.74, 6) is -2.75. The fraction of sp³-hybridized carbons (Fsp3) is 0.385. The largest absolute Gasteiger partial charge is 0.497 e. The number of hydrogen-bond acceptors (Lipinski definition) is 5. The van der Waals surface area contributed by atoms with Crippen molar-refractivity contribution in [2.45, 2.75) is 18.2 Å². The van der Waals surface area contributed by atoms with Crippen LogP contribution in [0.3, 0.4) is 0 Å². The molecule has 0 saturated carbocycles. The Kier molecular flexibility index (Phi) is 4.95. The Labute approximate surface area is 118 Å². The van der Waals surface area contributed by atoms with Crippen molar-refractivity contribution in [3.05, 3.63) is 29.8 Å². The molecule has 21 heavy (non-hydrogen) atoms. The van der Waals surface area contributed by atoms with Gasteiger partial charge in [-0.15, -0.1) is 0 Å². The summed E-state index contributed by atoms with van der Waals surface area (Å²) in [7, 11) is 2.01. The number of esters is 1. The lowest BCUT2D eigenvalue weighted by atomic mass is 9.93. The molecule has 5 nitrogen and oxygen atoms in total. The van der Waals surface area contributed by atoms with Crippen LogP contribution in [0.15, 0.2) is 24.3 Å². The van der Waals surface area contributed by atoms with Gasteiger partial charge in [0.05, 0.1) is 20.6 Å². The van der Waals surface area contributed by atoms with Gasteiger partial charge in [-0.05, 0) is 12.1 Å². The highest BCUT2D eigenvalue weighted by Gasteiger charge is 2.61. The minimum atomic E-state index is -5.34. The van der Waals surface area contributed by atoms with Gasteiger partial charge in [0.15, 0.2) is 5.78 Å². The number of Topliss-reactive ketones (excluding diaryl/α,β-unsaturated/α-hetero) is 1. The van der Waals surface area contributed by atoms with Gasteiger partial charge in [-0.3, -0.25) is 4.79 Å². The van der Waals surface area contributed by atoms with Gasteiger partial charge in [-0.2, -0.15) is 13.2 Å². The summed E-state index contributed by atoms with van der Waals surface area (Å²) in [6.07, 6.45) is -6.81. The molecule has 0 aliphatic carbocycles. The molecule has 8 heteroatoms. The molecule has 0 saturated heterocycles. The van der Waals surface area contributed by atoms with E-state index in [0.717, 1.165) is 0 Å². The Morgan fingerprint density at radius 3 is 2.33 bits per heavy atom. The first kappa shape index (κ1) is 17.0. The molecular formula is C13H13F3O5. The van der Waals surface area contributed by atoms with Gasteiger partial charge in [0.2, 0.25) is 0 Å². The smallest absolute Gasteiger partial charge is 0.428 e. The van der Waals surface area contributed by atoms with Crippen molar-refractivity contribution in [2.75, 3.05) is 14.2 Å². The minimum absolute atomic E-state index is 0.124. The van der Waals surface area contributed by atoms with Crippen molar-refractivity contribution in [2.24, 2.45) is 0 Å². The number of rotatable bonds is 5. The molecule has 0 heterocycles. The first-order chi connectivity index (χ1) is 9.65. The van der Waals surface area contributed by atoms with Crippen molar-refractivity contribution in [3.63, 3.8) is 0 Å². The molecule has 0 aromatic heterocycles. The molecule has 1 unspecified atom stereocenters. The van der Waals surface area contributed by atoms with Crippen LogP contribution in [0, 0.1) is 0 Å². The number of hydrogen-bond donors (Lipinski definition) is 1. The second-order valence-electron chi connectivity index (χ2n) is 4.18. The lowest BCUT2D eigenvalue weighted by Crippen LogP contribution is -2.54. The van der Waals surface area contributed by atoms with E-state index in [4.69, 9.17) is 4.74 Å². The van der Waals surface area contributed by atoms with E-state index in [1.807, 2.05) is 0 Å². The molecular weight excluding hydrogens is 293 g/mol. The number of halogens is 3. The Morgan fingerprint density at radius 1 is 1.24 bits per heavy atom. The molecule has 1 aromatic rings. The van der Waals surface area contributed by atoms with E-state index < -0.39 is 30.0 Å². The normalized spacial score (nSPS) is 14.2. The summed E-state index contributed by atoms with van der Waals surface area (Å²) < 4.78 is 47.3. The number of ether oxygens (including phenoxy) is 2. The standard InChI is InChI=1S/C13H13F3O5/c1-20-9-5-3-4-8(6-9)10(17)7-12(19,11(18)21-2)13(14,15)16/h3-6,19H,7H2,1-2H3. The number of carbonyl (C=O) groups excluding carboxylic acids is 2. The SMILES string of the molecule is COC(=O)C(O)(CC(=O)c1cccc(OC)c1)C(F)(F)F. The Balaban J connectivity index is 3.09. The van der Waals surface area contributed by atoms with Gasteiger partial charge >= 0.3 is 12.1 Å². The molecule has 0 spiro atoms. The van der Waals surface area contributed by atoms with Crippen LogP contribution in [-0.2, 0) is 9.53 Å².